The Bertz CT molecular complexity index is 1730. The molecule has 0 heterocycles. The predicted octanol–water partition coefficient (Wildman–Crippen LogP) is 6.67. The zero-order valence-electron chi connectivity index (χ0n) is 26.0. The molecule has 0 aliphatic heterocycles. The third-order valence-electron chi connectivity index (χ3n) is 7.38. The summed E-state index contributed by atoms with van der Waals surface area (Å²) in [4.78, 5) is 29.7. The molecule has 11 heteroatoms. The maximum atomic E-state index is 14.6. The van der Waals surface area contributed by atoms with Crippen LogP contribution in [0.4, 0.5) is 5.69 Å². The summed E-state index contributed by atoms with van der Waals surface area (Å²) >= 11 is 12.5. The molecule has 0 aliphatic carbocycles. The van der Waals surface area contributed by atoms with Gasteiger partial charge in [0.1, 0.15) is 18.3 Å². The largest absolute Gasteiger partial charge is 0.495 e. The van der Waals surface area contributed by atoms with E-state index in [0.29, 0.717) is 23.6 Å². The molecule has 8 nitrogen and oxygen atoms in total. The first-order chi connectivity index (χ1) is 22.0. The van der Waals surface area contributed by atoms with Crippen LogP contribution in [0.1, 0.15) is 30.0 Å². The standard InChI is InChI=1S/C35H37Cl2N3O5S/c1-4-20-38-35(42)32(21-26-8-6-5-7-9-26)39(23-27-12-14-28(36)15-13-27)34(41)24-40(31-22-29(37)16-19-33(31)45-3)46(43,44)30-17-10-25(2)11-18-30/h5-19,22,32H,4,20-21,23-24H2,1-3H3,(H,38,42)/t32-/m0/s1. The minimum atomic E-state index is -4.32. The van der Waals surface area contributed by atoms with Gasteiger partial charge in [0, 0.05) is 29.6 Å². The molecule has 4 aromatic carbocycles. The van der Waals surface area contributed by atoms with E-state index in [1.54, 1.807) is 48.5 Å². The summed E-state index contributed by atoms with van der Waals surface area (Å²) in [5.41, 5.74) is 2.52. The molecule has 0 bridgehead atoms. The number of ether oxygens (including phenoxy) is 1. The second-order valence-corrected chi connectivity index (χ2v) is 13.5. The van der Waals surface area contributed by atoms with Crippen molar-refractivity contribution in [1.82, 2.24) is 10.2 Å². The molecule has 0 fully saturated rings. The Balaban J connectivity index is 1.84. The molecular formula is C35H37Cl2N3O5S. The molecule has 0 radical (unpaired) electrons. The quantitative estimate of drug-likeness (QED) is 0.160. The third-order valence-corrected chi connectivity index (χ3v) is 9.64. The lowest BCUT2D eigenvalue weighted by Gasteiger charge is -2.34. The number of aryl methyl sites for hydroxylation is 1. The molecule has 0 spiro atoms. The monoisotopic (exact) mass is 681 g/mol. The average Bonchev–Trinajstić information content (AvgIpc) is 3.05. The maximum absolute atomic E-state index is 14.6. The maximum Gasteiger partial charge on any atom is 0.264 e. The van der Waals surface area contributed by atoms with Gasteiger partial charge in [0.25, 0.3) is 10.0 Å². The molecule has 1 atom stereocenters. The van der Waals surface area contributed by atoms with E-state index in [1.165, 1.54) is 30.2 Å². The van der Waals surface area contributed by atoms with Crippen molar-refractivity contribution >= 4 is 50.7 Å². The molecule has 0 saturated heterocycles. The van der Waals surface area contributed by atoms with Crippen LogP contribution in [0.3, 0.4) is 0 Å². The normalized spacial score (nSPS) is 11.8. The zero-order valence-corrected chi connectivity index (χ0v) is 28.3. The lowest BCUT2D eigenvalue weighted by Crippen LogP contribution is -2.53. The molecular weight excluding hydrogens is 645 g/mol. The van der Waals surface area contributed by atoms with E-state index < -0.39 is 28.5 Å². The van der Waals surface area contributed by atoms with Crippen LogP contribution >= 0.6 is 23.2 Å². The van der Waals surface area contributed by atoms with Crippen molar-refractivity contribution in [3.05, 3.63) is 124 Å². The van der Waals surface area contributed by atoms with Crippen LogP contribution in [0.25, 0.3) is 0 Å². The number of carbonyl (C=O) groups is 2. The summed E-state index contributed by atoms with van der Waals surface area (Å²) in [6, 6.07) is 26.3. The average molecular weight is 683 g/mol. The topological polar surface area (TPSA) is 96.0 Å². The van der Waals surface area contributed by atoms with Crippen molar-refractivity contribution in [3.8, 4) is 5.75 Å². The second kappa shape index (κ2) is 16.0. The van der Waals surface area contributed by atoms with Crippen molar-refractivity contribution in [2.24, 2.45) is 0 Å². The minimum absolute atomic E-state index is 0.0151. The van der Waals surface area contributed by atoms with Crippen LogP contribution < -0.4 is 14.4 Å². The van der Waals surface area contributed by atoms with E-state index in [4.69, 9.17) is 27.9 Å². The Morgan fingerprint density at radius 1 is 0.870 bits per heavy atom. The fraction of sp³-hybridized carbons (Fsp3) is 0.257. The van der Waals surface area contributed by atoms with Crippen LogP contribution in [-0.4, -0.2) is 51.4 Å². The van der Waals surface area contributed by atoms with E-state index in [2.05, 4.69) is 5.32 Å². The highest BCUT2D eigenvalue weighted by molar-refractivity contribution is 7.92. The number of nitrogens with one attached hydrogen (secondary N) is 1. The smallest absolute Gasteiger partial charge is 0.264 e. The molecule has 242 valence electrons. The van der Waals surface area contributed by atoms with Gasteiger partial charge in [0.15, 0.2) is 0 Å². The SMILES string of the molecule is CCCNC(=O)[C@H](Cc1ccccc1)N(Cc1ccc(Cl)cc1)C(=O)CN(c1cc(Cl)ccc1OC)S(=O)(=O)c1ccc(C)cc1. The van der Waals surface area contributed by atoms with Gasteiger partial charge in [-0.1, -0.05) is 90.3 Å². The van der Waals surface area contributed by atoms with Gasteiger partial charge in [-0.3, -0.25) is 13.9 Å². The number of amides is 2. The molecule has 46 heavy (non-hydrogen) atoms. The highest BCUT2D eigenvalue weighted by Crippen LogP contribution is 2.35. The van der Waals surface area contributed by atoms with Gasteiger partial charge in [0.2, 0.25) is 11.8 Å². The number of hydrogen-bond donors (Lipinski definition) is 1. The van der Waals surface area contributed by atoms with Gasteiger partial charge in [-0.25, -0.2) is 8.42 Å². The lowest BCUT2D eigenvalue weighted by molar-refractivity contribution is -0.140. The van der Waals surface area contributed by atoms with Crippen LogP contribution in [0, 0.1) is 6.92 Å². The summed E-state index contributed by atoms with van der Waals surface area (Å²) in [5, 5.41) is 3.71. The number of hydrogen-bond acceptors (Lipinski definition) is 5. The van der Waals surface area contributed by atoms with Crippen LogP contribution in [0.5, 0.6) is 5.75 Å². The number of methoxy groups -OCH3 is 1. The van der Waals surface area contributed by atoms with Gasteiger partial charge in [-0.05, 0) is 66.9 Å². The summed E-state index contributed by atoms with van der Waals surface area (Å²) in [6.07, 6.45) is 0.910. The molecule has 0 unspecified atom stereocenters. The second-order valence-electron chi connectivity index (χ2n) is 10.8. The Kier molecular flexibility index (Phi) is 12.1. The molecule has 4 aromatic rings. The fourth-order valence-electron chi connectivity index (χ4n) is 4.92. The van der Waals surface area contributed by atoms with Crippen LogP contribution in [0.2, 0.25) is 10.0 Å². The molecule has 0 aliphatic rings. The summed E-state index contributed by atoms with van der Waals surface area (Å²) < 4.78 is 35.1. The van der Waals surface area contributed by atoms with Crippen molar-refractivity contribution in [2.75, 3.05) is 24.5 Å². The highest BCUT2D eigenvalue weighted by atomic mass is 35.5. The van der Waals surface area contributed by atoms with E-state index in [-0.39, 0.29) is 40.2 Å². The summed E-state index contributed by atoms with van der Waals surface area (Å²) in [6.45, 7) is 3.60. The molecule has 1 N–H and O–H groups in total. The van der Waals surface area contributed by atoms with Crippen molar-refractivity contribution in [3.63, 3.8) is 0 Å². The zero-order chi connectivity index (χ0) is 33.3. The number of rotatable bonds is 14. The predicted molar refractivity (Wildman–Crippen MR) is 183 cm³/mol. The number of benzene rings is 4. The van der Waals surface area contributed by atoms with Crippen molar-refractivity contribution in [1.29, 1.82) is 0 Å². The first-order valence-electron chi connectivity index (χ1n) is 14.8. The lowest BCUT2D eigenvalue weighted by atomic mass is 10.0. The number of sulfonamides is 1. The minimum Gasteiger partial charge on any atom is -0.495 e. The van der Waals surface area contributed by atoms with Crippen molar-refractivity contribution in [2.45, 2.75) is 44.2 Å². The van der Waals surface area contributed by atoms with E-state index in [0.717, 1.165) is 15.4 Å². The highest BCUT2D eigenvalue weighted by Gasteiger charge is 2.35. The first-order valence-corrected chi connectivity index (χ1v) is 17.0. The van der Waals surface area contributed by atoms with E-state index in [9.17, 15) is 18.0 Å². The van der Waals surface area contributed by atoms with Crippen LogP contribution in [-0.2, 0) is 32.6 Å². The summed E-state index contributed by atoms with van der Waals surface area (Å²) in [5.74, 6) is -0.736. The number of anilines is 1. The van der Waals surface area contributed by atoms with Gasteiger partial charge >= 0.3 is 0 Å². The van der Waals surface area contributed by atoms with Gasteiger partial charge in [-0.15, -0.1) is 0 Å². The van der Waals surface area contributed by atoms with Gasteiger partial charge in [0.05, 0.1) is 17.7 Å². The number of carbonyl (C=O) groups excluding carboxylic acids is 2. The van der Waals surface area contributed by atoms with Gasteiger partial charge in [-0.2, -0.15) is 0 Å². The molecule has 4 rings (SSSR count). The first kappa shape index (κ1) is 34.8. The molecule has 2 amide bonds. The Labute approximate surface area is 280 Å². The molecule has 0 saturated carbocycles. The Morgan fingerprint density at radius 3 is 2.15 bits per heavy atom. The fourth-order valence-corrected chi connectivity index (χ4v) is 6.62. The van der Waals surface area contributed by atoms with Crippen molar-refractivity contribution < 1.29 is 22.7 Å². The van der Waals surface area contributed by atoms with Gasteiger partial charge < -0.3 is 15.0 Å². The summed E-state index contributed by atoms with van der Waals surface area (Å²) in [7, 11) is -2.91. The number of halogens is 2. The van der Waals surface area contributed by atoms with E-state index in [1.807, 2.05) is 44.2 Å². The Morgan fingerprint density at radius 2 is 1.52 bits per heavy atom. The Hall–Kier alpha value is -4.05. The third kappa shape index (κ3) is 8.81. The van der Waals surface area contributed by atoms with E-state index >= 15 is 0 Å². The van der Waals surface area contributed by atoms with Crippen LogP contribution in [0.15, 0.2) is 102 Å². The molecule has 0 aromatic heterocycles. The number of nitrogens with zero attached hydrogens (tertiary/aromatic N) is 2.